The van der Waals surface area contributed by atoms with E-state index in [1.165, 1.54) is 6.33 Å². The molecule has 0 fully saturated rings. The highest BCUT2D eigenvalue weighted by Gasteiger charge is 2.20. The third-order valence-corrected chi connectivity index (χ3v) is 3.40. The van der Waals surface area contributed by atoms with Gasteiger partial charge in [0.05, 0.1) is 0 Å². The number of H-pyrrole nitrogens is 2. The van der Waals surface area contributed by atoms with E-state index in [2.05, 4.69) is 20.2 Å². The molecule has 110 valence electrons. The number of rotatable bonds is 6. The molecule has 0 saturated carbocycles. The molecule has 0 unspecified atom stereocenters. The SMILES string of the molecule is O=C(Cc1c[nH]cc1Cc1ccccc1)C(=O)c1ncn[nH]1. The standard InChI is InChI=1S/C16H14N4O2/c21-14(15(22)16-18-10-19-20-16)7-13-9-17-8-12(13)6-11-4-2-1-3-5-11/h1-5,8-10,17H,6-7H2,(H,18,19,20). The van der Waals surface area contributed by atoms with Crippen molar-refractivity contribution in [1.29, 1.82) is 0 Å². The summed E-state index contributed by atoms with van der Waals surface area (Å²) >= 11 is 0. The van der Waals surface area contributed by atoms with Gasteiger partial charge in [0.25, 0.3) is 5.78 Å². The third kappa shape index (κ3) is 3.01. The summed E-state index contributed by atoms with van der Waals surface area (Å²) in [6.45, 7) is 0. The maximum absolute atomic E-state index is 12.1. The summed E-state index contributed by atoms with van der Waals surface area (Å²) < 4.78 is 0. The van der Waals surface area contributed by atoms with Crippen molar-refractivity contribution in [2.75, 3.05) is 0 Å². The maximum Gasteiger partial charge on any atom is 0.265 e. The zero-order valence-electron chi connectivity index (χ0n) is 11.7. The van der Waals surface area contributed by atoms with Gasteiger partial charge in [-0.3, -0.25) is 14.7 Å². The van der Waals surface area contributed by atoms with Crippen LogP contribution in [0.1, 0.15) is 27.3 Å². The quantitative estimate of drug-likeness (QED) is 0.535. The van der Waals surface area contributed by atoms with Crippen LogP contribution in [-0.2, 0) is 17.6 Å². The molecule has 0 aliphatic heterocycles. The molecule has 2 heterocycles. The van der Waals surface area contributed by atoms with Crippen LogP contribution in [0.4, 0.5) is 0 Å². The number of hydrogen-bond donors (Lipinski definition) is 2. The Morgan fingerprint density at radius 2 is 1.82 bits per heavy atom. The predicted octanol–water partition coefficient (Wildman–Crippen LogP) is 1.72. The van der Waals surface area contributed by atoms with E-state index in [1.54, 1.807) is 6.20 Å². The normalized spacial score (nSPS) is 10.5. The van der Waals surface area contributed by atoms with E-state index in [4.69, 9.17) is 0 Å². The van der Waals surface area contributed by atoms with Gasteiger partial charge in [-0.05, 0) is 23.1 Å². The predicted molar refractivity (Wildman–Crippen MR) is 79.5 cm³/mol. The Labute approximate surface area is 126 Å². The maximum atomic E-state index is 12.1. The van der Waals surface area contributed by atoms with Gasteiger partial charge in [0.1, 0.15) is 6.33 Å². The smallest absolute Gasteiger partial charge is 0.265 e. The molecule has 0 radical (unpaired) electrons. The number of nitrogens with one attached hydrogen (secondary N) is 2. The van der Waals surface area contributed by atoms with Gasteiger partial charge in [0.15, 0.2) is 5.82 Å². The van der Waals surface area contributed by atoms with Crippen LogP contribution in [0, 0.1) is 0 Å². The van der Waals surface area contributed by atoms with Crippen LogP contribution in [0.15, 0.2) is 49.1 Å². The number of benzene rings is 1. The first-order chi connectivity index (χ1) is 10.7. The number of hydrogen-bond acceptors (Lipinski definition) is 4. The second-order valence-electron chi connectivity index (χ2n) is 4.93. The molecule has 0 spiro atoms. The second-order valence-corrected chi connectivity index (χ2v) is 4.93. The van der Waals surface area contributed by atoms with Crippen molar-refractivity contribution >= 4 is 11.6 Å². The minimum absolute atomic E-state index is 0.0230. The fourth-order valence-corrected chi connectivity index (χ4v) is 2.27. The van der Waals surface area contributed by atoms with Crippen molar-refractivity contribution in [3.05, 3.63) is 71.6 Å². The lowest BCUT2D eigenvalue weighted by atomic mass is 10.00. The summed E-state index contributed by atoms with van der Waals surface area (Å²) in [6, 6.07) is 9.96. The van der Waals surface area contributed by atoms with Crippen LogP contribution in [-0.4, -0.2) is 31.7 Å². The molecule has 0 aliphatic rings. The Hall–Kier alpha value is -3.02. The Morgan fingerprint density at radius 3 is 2.55 bits per heavy atom. The molecule has 0 atom stereocenters. The van der Waals surface area contributed by atoms with Gasteiger partial charge in [0, 0.05) is 18.8 Å². The molecule has 0 amide bonds. The fourth-order valence-electron chi connectivity index (χ4n) is 2.27. The van der Waals surface area contributed by atoms with Crippen LogP contribution >= 0.6 is 0 Å². The van der Waals surface area contributed by atoms with Gasteiger partial charge in [-0.1, -0.05) is 30.3 Å². The first-order valence-electron chi connectivity index (χ1n) is 6.85. The Morgan fingerprint density at radius 1 is 1.05 bits per heavy atom. The van der Waals surface area contributed by atoms with Crippen molar-refractivity contribution < 1.29 is 9.59 Å². The second kappa shape index (κ2) is 6.17. The number of aromatic amines is 2. The van der Waals surface area contributed by atoms with E-state index in [9.17, 15) is 9.59 Å². The zero-order valence-corrected chi connectivity index (χ0v) is 11.7. The molecule has 6 heteroatoms. The molecule has 0 bridgehead atoms. The molecule has 0 aliphatic carbocycles. The van der Waals surface area contributed by atoms with Crippen LogP contribution < -0.4 is 0 Å². The first kappa shape index (κ1) is 13.9. The highest BCUT2D eigenvalue weighted by molar-refractivity contribution is 6.43. The van der Waals surface area contributed by atoms with Crippen molar-refractivity contribution in [1.82, 2.24) is 20.2 Å². The summed E-state index contributed by atoms with van der Waals surface area (Å²) in [6.07, 6.45) is 5.57. The van der Waals surface area contributed by atoms with Crippen molar-refractivity contribution in [3.63, 3.8) is 0 Å². The molecule has 2 aromatic heterocycles. The average molecular weight is 294 g/mol. The molecule has 6 nitrogen and oxygen atoms in total. The average Bonchev–Trinajstić information content (AvgIpc) is 3.20. The number of ketones is 2. The van der Waals surface area contributed by atoms with Crippen LogP contribution in [0.2, 0.25) is 0 Å². The van der Waals surface area contributed by atoms with Gasteiger partial charge in [-0.2, -0.15) is 5.10 Å². The van der Waals surface area contributed by atoms with Gasteiger partial charge >= 0.3 is 0 Å². The molecule has 1 aromatic carbocycles. The van der Waals surface area contributed by atoms with Crippen LogP contribution in [0.3, 0.4) is 0 Å². The monoisotopic (exact) mass is 294 g/mol. The zero-order chi connectivity index (χ0) is 15.4. The van der Waals surface area contributed by atoms with Crippen molar-refractivity contribution in [2.24, 2.45) is 0 Å². The fraction of sp³-hybridized carbons (Fsp3) is 0.125. The summed E-state index contributed by atoms with van der Waals surface area (Å²) in [7, 11) is 0. The Kier molecular flexibility index (Phi) is 3.91. The Balaban J connectivity index is 1.72. The number of carbonyl (C=O) groups is 2. The van der Waals surface area contributed by atoms with Gasteiger partial charge < -0.3 is 4.98 Å². The Bertz CT molecular complexity index is 776. The third-order valence-electron chi connectivity index (χ3n) is 3.40. The van der Waals surface area contributed by atoms with Crippen molar-refractivity contribution in [3.8, 4) is 0 Å². The lowest BCUT2D eigenvalue weighted by molar-refractivity contribution is -0.114. The molecular weight excluding hydrogens is 280 g/mol. The number of Topliss-reactive ketones (excluding diaryl/α,β-unsaturated/α-hetero) is 2. The summed E-state index contributed by atoms with van der Waals surface area (Å²) in [4.78, 5) is 30.7. The largest absolute Gasteiger partial charge is 0.367 e. The minimum Gasteiger partial charge on any atom is -0.367 e. The molecule has 3 aromatic rings. The van der Waals surface area contributed by atoms with E-state index >= 15 is 0 Å². The van der Waals surface area contributed by atoms with Gasteiger partial charge in [0.2, 0.25) is 5.78 Å². The number of nitrogens with zero attached hydrogens (tertiary/aromatic N) is 2. The summed E-state index contributed by atoms with van der Waals surface area (Å²) in [5, 5.41) is 5.99. The van der Waals surface area contributed by atoms with Gasteiger partial charge in [-0.25, -0.2) is 4.98 Å². The van der Waals surface area contributed by atoms with E-state index in [0.717, 1.165) is 16.7 Å². The molecule has 3 rings (SSSR count). The highest BCUT2D eigenvalue weighted by Crippen LogP contribution is 2.15. The first-order valence-corrected chi connectivity index (χ1v) is 6.85. The molecule has 2 N–H and O–H groups in total. The number of carbonyl (C=O) groups excluding carboxylic acids is 2. The molecular formula is C16H14N4O2. The van der Waals surface area contributed by atoms with E-state index in [-0.39, 0.29) is 12.2 Å². The minimum atomic E-state index is -0.649. The van der Waals surface area contributed by atoms with E-state index < -0.39 is 11.6 Å². The van der Waals surface area contributed by atoms with Crippen LogP contribution in [0.5, 0.6) is 0 Å². The highest BCUT2D eigenvalue weighted by atomic mass is 16.2. The van der Waals surface area contributed by atoms with E-state index in [0.29, 0.717) is 6.42 Å². The lowest BCUT2D eigenvalue weighted by Gasteiger charge is -2.03. The lowest BCUT2D eigenvalue weighted by Crippen LogP contribution is -2.18. The molecule has 22 heavy (non-hydrogen) atoms. The summed E-state index contributed by atoms with van der Waals surface area (Å²) in [5.41, 5.74) is 2.98. The topological polar surface area (TPSA) is 91.5 Å². The van der Waals surface area contributed by atoms with Crippen molar-refractivity contribution in [2.45, 2.75) is 12.8 Å². The van der Waals surface area contributed by atoms with E-state index in [1.807, 2.05) is 36.5 Å². The number of aromatic nitrogens is 4. The van der Waals surface area contributed by atoms with Gasteiger partial charge in [-0.15, -0.1) is 0 Å². The van der Waals surface area contributed by atoms with Crippen LogP contribution in [0.25, 0.3) is 0 Å². The summed E-state index contributed by atoms with van der Waals surface area (Å²) in [5.74, 6) is -1.18. The molecule has 0 saturated heterocycles.